The van der Waals surface area contributed by atoms with Gasteiger partial charge in [-0.05, 0) is 18.1 Å². The molecular formula is C26H32ClN7O5. The lowest BCUT2D eigenvalue weighted by atomic mass is 10.00. The number of hydrogen-bond donors (Lipinski definition) is 2. The number of fused-ring (bicyclic) bond motifs is 8. The van der Waals surface area contributed by atoms with E-state index in [2.05, 4.69) is 15.6 Å². The normalized spacial score (nSPS) is 19.2. The minimum Gasteiger partial charge on any atom is -0.489 e. The highest BCUT2D eigenvalue weighted by molar-refractivity contribution is 6.32. The number of carbonyl (C=O) groups is 3. The van der Waals surface area contributed by atoms with Crippen molar-refractivity contribution in [2.24, 2.45) is 0 Å². The summed E-state index contributed by atoms with van der Waals surface area (Å²) in [6.45, 7) is 2.28. The molecule has 4 bridgehead atoms. The summed E-state index contributed by atoms with van der Waals surface area (Å²) < 4.78 is 12.1. The number of amides is 3. The maximum Gasteiger partial charge on any atom is 0.227 e. The van der Waals surface area contributed by atoms with Gasteiger partial charge in [0.15, 0.2) is 5.82 Å². The molecule has 2 N–H and O–H groups in total. The van der Waals surface area contributed by atoms with Crippen molar-refractivity contribution in [3.05, 3.63) is 28.9 Å². The van der Waals surface area contributed by atoms with E-state index < -0.39 is 0 Å². The molecule has 0 aliphatic carbocycles. The van der Waals surface area contributed by atoms with Crippen molar-refractivity contribution < 1.29 is 23.9 Å². The predicted octanol–water partition coefficient (Wildman–Crippen LogP) is 1.74. The second kappa shape index (κ2) is 11.6. The van der Waals surface area contributed by atoms with Crippen LogP contribution in [0.2, 0.25) is 5.02 Å². The number of aromatic nitrogens is 2. The molecular weight excluding hydrogens is 526 g/mol. The zero-order valence-electron chi connectivity index (χ0n) is 22.0. The van der Waals surface area contributed by atoms with Crippen LogP contribution < -0.4 is 25.2 Å². The van der Waals surface area contributed by atoms with Gasteiger partial charge in [0, 0.05) is 64.7 Å². The molecule has 2 aromatic rings. The maximum atomic E-state index is 12.8. The Kier molecular flexibility index (Phi) is 8.03. The van der Waals surface area contributed by atoms with Crippen LogP contribution in [0.3, 0.4) is 0 Å². The van der Waals surface area contributed by atoms with Crippen molar-refractivity contribution in [1.29, 1.82) is 0 Å². The lowest BCUT2D eigenvalue weighted by molar-refractivity contribution is -0.134. The molecule has 0 spiro atoms. The second-order valence-corrected chi connectivity index (χ2v) is 10.1. The van der Waals surface area contributed by atoms with Crippen molar-refractivity contribution in [3.63, 3.8) is 0 Å². The number of anilines is 4. The lowest BCUT2D eigenvalue weighted by Gasteiger charge is -2.41. The highest BCUT2D eigenvalue weighted by Crippen LogP contribution is 2.40. The van der Waals surface area contributed by atoms with Gasteiger partial charge in [0.2, 0.25) is 23.7 Å². The molecule has 0 unspecified atom stereocenters. The summed E-state index contributed by atoms with van der Waals surface area (Å²) in [7, 11) is 3.31. The molecule has 13 heteroatoms. The number of ether oxygens (including phenoxy) is 2. The molecule has 3 aliphatic heterocycles. The zero-order chi connectivity index (χ0) is 27.5. The third-order valence-electron chi connectivity index (χ3n) is 7.20. The van der Waals surface area contributed by atoms with E-state index in [1.54, 1.807) is 30.1 Å². The van der Waals surface area contributed by atoms with Crippen molar-refractivity contribution >= 4 is 52.5 Å². The van der Waals surface area contributed by atoms with Crippen LogP contribution in [-0.2, 0) is 25.5 Å². The number of nitrogens with one attached hydrogen (secondary N) is 2. The SMILES string of the molecule is CNC(=O)CCC(=O)N1CCN2c3ncc(Cl)c(n3)Nc3cc4c(c(c3)OCCOC[C@H]2C1)N(C)C(=O)CC4. The van der Waals surface area contributed by atoms with Gasteiger partial charge in [-0.2, -0.15) is 4.98 Å². The molecule has 1 aromatic carbocycles. The van der Waals surface area contributed by atoms with E-state index in [1.165, 1.54) is 0 Å². The summed E-state index contributed by atoms with van der Waals surface area (Å²) >= 11 is 6.49. The third-order valence-corrected chi connectivity index (χ3v) is 7.47. The van der Waals surface area contributed by atoms with Crippen molar-refractivity contribution in [1.82, 2.24) is 20.2 Å². The van der Waals surface area contributed by atoms with Gasteiger partial charge in [-0.15, -0.1) is 0 Å². The summed E-state index contributed by atoms with van der Waals surface area (Å²) in [5.41, 5.74) is 2.48. The fourth-order valence-electron chi connectivity index (χ4n) is 5.09. The Morgan fingerprint density at radius 3 is 2.87 bits per heavy atom. The Bertz CT molecular complexity index is 1280. The number of halogens is 1. The Morgan fingerprint density at radius 1 is 1.21 bits per heavy atom. The fraction of sp³-hybridized carbons (Fsp3) is 0.500. The van der Waals surface area contributed by atoms with Gasteiger partial charge in [-0.3, -0.25) is 14.4 Å². The molecule has 0 saturated carbocycles. The zero-order valence-corrected chi connectivity index (χ0v) is 22.8. The summed E-state index contributed by atoms with van der Waals surface area (Å²) in [6, 6.07) is 3.61. The first-order valence-corrected chi connectivity index (χ1v) is 13.4. The number of carbonyl (C=O) groups excluding carboxylic acids is 3. The van der Waals surface area contributed by atoms with Crippen LogP contribution in [0.1, 0.15) is 24.8 Å². The second-order valence-electron chi connectivity index (χ2n) is 9.71. The molecule has 39 heavy (non-hydrogen) atoms. The molecule has 1 atom stereocenters. The van der Waals surface area contributed by atoms with Crippen molar-refractivity contribution in [3.8, 4) is 5.75 Å². The number of aryl methyl sites for hydroxylation is 1. The smallest absolute Gasteiger partial charge is 0.227 e. The minimum atomic E-state index is -0.214. The van der Waals surface area contributed by atoms with Crippen LogP contribution in [0, 0.1) is 0 Å². The van der Waals surface area contributed by atoms with Gasteiger partial charge in [0.05, 0.1) is 31.1 Å². The van der Waals surface area contributed by atoms with E-state index in [1.807, 2.05) is 17.0 Å². The van der Waals surface area contributed by atoms with E-state index in [9.17, 15) is 14.4 Å². The van der Waals surface area contributed by atoms with E-state index in [4.69, 9.17) is 26.1 Å². The van der Waals surface area contributed by atoms with Gasteiger partial charge in [0.25, 0.3) is 0 Å². The minimum absolute atomic E-state index is 0.0361. The summed E-state index contributed by atoms with van der Waals surface area (Å²) in [6.07, 6.45) is 2.88. The summed E-state index contributed by atoms with van der Waals surface area (Å²) in [5, 5.41) is 6.21. The average Bonchev–Trinajstić information content (AvgIpc) is 2.94. The van der Waals surface area contributed by atoms with Crippen LogP contribution in [0.4, 0.5) is 23.1 Å². The molecule has 3 aliphatic rings. The first-order chi connectivity index (χ1) is 18.8. The van der Waals surface area contributed by atoms with Gasteiger partial charge < -0.3 is 34.8 Å². The standard InChI is InChI=1S/C26H32ClN7O5/c1-28-21(35)4-6-23(37)33-7-8-34-18(14-33)15-38-9-10-39-20-12-17(30-25-19(27)13-29-26(34)31-25)11-16-3-5-22(36)32(2)24(16)20/h11-13,18H,3-10,14-15H2,1-2H3,(H,28,35)(H,29,30,31)/t18-/m1/s1. The Balaban J connectivity index is 1.42. The Morgan fingerprint density at radius 2 is 2.05 bits per heavy atom. The third kappa shape index (κ3) is 5.86. The number of nitrogens with zero attached hydrogens (tertiary/aromatic N) is 5. The lowest BCUT2D eigenvalue weighted by Crippen LogP contribution is -2.57. The first kappa shape index (κ1) is 26.9. The van der Waals surface area contributed by atoms with Crippen LogP contribution in [-0.4, -0.2) is 92.2 Å². The Labute approximate surface area is 231 Å². The van der Waals surface area contributed by atoms with Crippen LogP contribution >= 0.6 is 11.6 Å². The molecule has 12 nitrogen and oxygen atoms in total. The molecule has 5 rings (SSSR count). The highest BCUT2D eigenvalue weighted by Gasteiger charge is 2.32. The van der Waals surface area contributed by atoms with Gasteiger partial charge in [-0.25, -0.2) is 4.98 Å². The van der Waals surface area contributed by atoms with Crippen LogP contribution in [0.25, 0.3) is 0 Å². The summed E-state index contributed by atoms with van der Waals surface area (Å²) in [4.78, 5) is 51.5. The number of benzene rings is 1. The largest absolute Gasteiger partial charge is 0.489 e. The van der Waals surface area contributed by atoms with Gasteiger partial charge in [-0.1, -0.05) is 11.6 Å². The van der Waals surface area contributed by atoms with Crippen LogP contribution in [0.15, 0.2) is 18.3 Å². The first-order valence-electron chi connectivity index (χ1n) is 13.0. The summed E-state index contributed by atoms with van der Waals surface area (Å²) in [5.74, 6) is 1.28. The predicted molar refractivity (Wildman–Crippen MR) is 146 cm³/mol. The average molecular weight is 558 g/mol. The van der Waals surface area contributed by atoms with E-state index >= 15 is 0 Å². The quantitative estimate of drug-likeness (QED) is 0.579. The monoisotopic (exact) mass is 557 g/mol. The van der Waals surface area contributed by atoms with Crippen LogP contribution in [0.5, 0.6) is 5.75 Å². The molecule has 208 valence electrons. The molecule has 0 radical (unpaired) electrons. The van der Waals surface area contributed by atoms with Gasteiger partial charge >= 0.3 is 0 Å². The van der Waals surface area contributed by atoms with Crippen molar-refractivity contribution in [2.45, 2.75) is 31.7 Å². The van der Waals surface area contributed by atoms with E-state index in [0.29, 0.717) is 68.2 Å². The van der Waals surface area contributed by atoms with Gasteiger partial charge in [0.1, 0.15) is 17.4 Å². The number of hydrogen-bond acceptors (Lipinski definition) is 9. The topological polar surface area (TPSA) is 129 Å². The molecule has 1 aromatic heterocycles. The maximum absolute atomic E-state index is 12.8. The molecule has 3 amide bonds. The number of rotatable bonds is 3. The van der Waals surface area contributed by atoms with E-state index in [0.717, 1.165) is 16.9 Å². The highest BCUT2D eigenvalue weighted by atomic mass is 35.5. The number of piperazine rings is 1. The molecule has 1 saturated heterocycles. The van der Waals surface area contributed by atoms with Crippen molar-refractivity contribution in [2.75, 3.05) is 68.7 Å². The molecule has 1 fully saturated rings. The van der Waals surface area contributed by atoms with E-state index in [-0.39, 0.29) is 43.2 Å². The fourth-order valence-corrected chi connectivity index (χ4v) is 5.23. The Hall–Kier alpha value is -3.64. The molecule has 4 heterocycles.